The molecule has 1 unspecified atom stereocenters. The van der Waals surface area contributed by atoms with E-state index < -0.39 is 0 Å². The van der Waals surface area contributed by atoms with Crippen molar-refractivity contribution in [2.75, 3.05) is 20.2 Å². The van der Waals surface area contributed by atoms with Gasteiger partial charge in [-0.1, -0.05) is 12.1 Å². The van der Waals surface area contributed by atoms with Crippen molar-refractivity contribution in [1.82, 2.24) is 4.90 Å². The Kier molecular flexibility index (Phi) is 3.19. The fraction of sp³-hybridized carbons (Fsp3) is 0.500. The first-order chi connectivity index (χ1) is 8.03. The number of benzene rings is 1. The normalized spacial score (nSPS) is 24.2. The summed E-state index contributed by atoms with van der Waals surface area (Å²) >= 11 is 0. The molecule has 1 aromatic carbocycles. The van der Waals surface area contributed by atoms with E-state index in [9.17, 15) is 0 Å². The first-order valence-electron chi connectivity index (χ1n) is 5.86. The molecular weight excluding hydrogens is 212 g/mol. The van der Waals surface area contributed by atoms with Crippen molar-refractivity contribution in [2.45, 2.75) is 25.5 Å². The number of hydrogen-bond donors (Lipinski definition) is 0. The Labute approximate surface area is 103 Å². The third-order valence-corrected chi connectivity index (χ3v) is 3.52. The van der Waals surface area contributed by atoms with Crippen LogP contribution in [0.15, 0.2) is 24.3 Å². The number of nitriles is 1. The molecule has 1 aliphatic heterocycles. The van der Waals surface area contributed by atoms with Crippen LogP contribution in [0.5, 0.6) is 0 Å². The minimum absolute atomic E-state index is 0.100. The summed E-state index contributed by atoms with van der Waals surface area (Å²) in [6.45, 7) is 5.98. The van der Waals surface area contributed by atoms with Gasteiger partial charge in [-0.15, -0.1) is 0 Å². The quantitative estimate of drug-likeness (QED) is 0.743. The zero-order valence-electron chi connectivity index (χ0n) is 10.6. The van der Waals surface area contributed by atoms with Crippen LogP contribution in [0.25, 0.3) is 0 Å². The number of rotatable bonds is 1. The van der Waals surface area contributed by atoms with Crippen LogP contribution in [-0.4, -0.2) is 30.6 Å². The Hall–Kier alpha value is -1.37. The molecule has 0 spiro atoms. The van der Waals surface area contributed by atoms with Gasteiger partial charge >= 0.3 is 0 Å². The molecule has 1 aliphatic rings. The Morgan fingerprint density at radius 1 is 1.35 bits per heavy atom. The third-order valence-electron chi connectivity index (χ3n) is 3.52. The molecule has 0 radical (unpaired) electrons. The first kappa shape index (κ1) is 12.1. The van der Waals surface area contributed by atoms with Crippen LogP contribution < -0.4 is 0 Å². The lowest BCUT2D eigenvalue weighted by molar-refractivity contribution is -0.0898. The lowest BCUT2D eigenvalue weighted by Crippen LogP contribution is -2.51. The predicted molar refractivity (Wildman–Crippen MR) is 66.6 cm³/mol. The number of nitrogens with zero attached hydrogens (tertiary/aromatic N) is 2. The van der Waals surface area contributed by atoms with Crippen LogP contribution in [0.1, 0.15) is 31.1 Å². The summed E-state index contributed by atoms with van der Waals surface area (Å²) in [7, 11) is 2.12. The van der Waals surface area contributed by atoms with Crippen molar-refractivity contribution < 1.29 is 4.74 Å². The first-order valence-corrected chi connectivity index (χ1v) is 5.86. The Morgan fingerprint density at radius 2 is 2.00 bits per heavy atom. The van der Waals surface area contributed by atoms with Crippen LogP contribution >= 0.6 is 0 Å². The van der Waals surface area contributed by atoms with Gasteiger partial charge in [0.15, 0.2) is 0 Å². The van der Waals surface area contributed by atoms with E-state index in [1.807, 2.05) is 24.3 Å². The topological polar surface area (TPSA) is 36.3 Å². The SMILES string of the molecule is CN1CC(c2ccc(C#N)cc2)OCC1(C)C. The molecule has 3 heteroatoms. The van der Waals surface area contributed by atoms with Crippen molar-refractivity contribution in [2.24, 2.45) is 0 Å². The molecule has 0 N–H and O–H groups in total. The van der Waals surface area contributed by atoms with E-state index in [0.29, 0.717) is 5.56 Å². The summed E-state index contributed by atoms with van der Waals surface area (Å²) in [4.78, 5) is 2.32. The molecule has 0 amide bonds. The van der Waals surface area contributed by atoms with Gasteiger partial charge in [-0.3, -0.25) is 4.90 Å². The van der Waals surface area contributed by atoms with E-state index in [0.717, 1.165) is 18.7 Å². The smallest absolute Gasteiger partial charge is 0.0991 e. The highest BCUT2D eigenvalue weighted by atomic mass is 16.5. The zero-order chi connectivity index (χ0) is 12.5. The maximum Gasteiger partial charge on any atom is 0.0991 e. The van der Waals surface area contributed by atoms with Crippen LogP contribution in [0.2, 0.25) is 0 Å². The largest absolute Gasteiger partial charge is 0.370 e. The second-order valence-corrected chi connectivity index (χ2v) is 5.23. The molecule has 1 fully saturated rings. The highest BCUT2D eigenvalue weighted by Gasteiger charge is 2.32. The van der Waals surface area contributed by atoms with Gasteiger partial charge in [0.2, 0.25) is 0 Å². The highest BCUT2D eigenvalue weighted by Crippen LogP contribution is 2.28. The molecule has 0 saturated carbocycles. The molecule has 0 aromatic heterocycles. The van der Waals surface area contributed by atoms with Gasteiger partial charge in [0, 0.05) is 12.1 Å². The van der Waals surface area contributed by atoms with Crippen LogP contribution in [0.3, 0.4) is 0 Å². The molecule has 0 bridgehead atoms. The van der Waals surface area contributed by atoms with Gasteiger partial charge in [0.1, 0.15) is 0 Å². The molecule has 90 valence electrons. The summed E-state index contributed by atoms with van der Waals surface area (Å²) in [6, 6.07) is 9.78. The minimum Gasteiger partial charge on any atom is -0.370 e. The van der Waals surface area contributed by atoms with E-state index in [-0.39, 0.29) is 11.6 Å². The molecule has 17 heavy (non-hydrogen) atoms. The average Bonchev–Trinajstić information content (AvgIpc) is 2.33. The average molecular weight is 230 g/mol. The molecular formula is C14H18N2O. The Morgan fingerprint density at radius 3 is 2.53 bits per heavy atom. The van der Waals surface area contributed by atoms with E-state index >= 15 is 0 Å². The summed E-state index contributed by atoms with van der Waals surface area (Å²) in [5, 5.41) is 8.76. The maximum absolute atomic E-state index is 8.76. The fourth-order valence-electron chi connectivity index (χ4n) is 1.94. The summed E-state index contributed by atoms with van der Waals surface area (Å²) in [5.41, 5.74) is 1.94. The number of morpholine rings is 1. The van der Waals surface area contributed by atoms with E-state index in [2.05, 4.69) is 31.9 Å². The lowest BCUT2D eigenvalue weighted by atomic mass is 9.99. The lowest BCUT2D eigenvalue weighted by Gasteiger charge is -2.43. The van der Waals surface area contributed by atoms with Crippen LogP contribution in [0.4, 0.5) is 0 Å². The van der Waals surface area contributed by atoms with Crippen LogP contribution in [-0.2, 0) is 4.74 Å². The number of hydrogen-bond acceptors (Lipinski definition) is 3. The van der Waals surface area contributed by atoms with Gasteiger partial charge in [0.25, 0.3) is 0 Å². The summed E-state index contributed by atoms with van der Waals surface area (Å²) in [6.07, 6.45) is 0.112. The van der Waals surface area contributed by atoms with Crippen molar-refractivity contribution >= 4 is 0 Å². The molecule has 2 rings (SSSR count). The maximum atomic E-state index is 8.76. The highest BCUT2D eigenvalue weighted by molar-refractivity contribution is 5.32. The number of likely N-dealkylation sites (N-methyl/N-ethyl adjacent to an activating group) is 1. The van der Waals surface area contributed by atoms with Gasteiger partial charge in [0.05, 0.1) is 24.3 Å². The van der Waals surface area contributed by atoms with Crippen molar-refractivity contribution in [3.05, 3.63) is 35.4 Å². The number of ether oxygens (including phenoxy) is 1. The van der Waals surface area contributed by atoms with E-state index in [4.69, 9.17) is 10.00 Å². The van der Waals surface area contributed by atoms with Gasteiger partial charge < -0.3 is 4.74 Å². The second-order valence-electron chi connectivity index (χ2n) is 5.23. The van der Waals surface area contributed by atoms with Crippen molar-refractivity contribution in [1.29, 1.82) is 5.26 Å². The fourth-order valence-corrected chi connectivity index (χ4v) is 1.94. The van der Waals surface area contributed by atoms with E-state index in [1.54, 1.807) is 0 Å². The Bertz CT molecular complexity index is 431. The Balaban J connectivity index is 2.12. The van der Waals surface area contributed by atoms with Gasteiger partial charge in [-0.25, -0.2) is 0 Å². The van der Waals surface area contributed by atoms with E-state index in [1.165, 1.54) is 0 Å². The van der Waals surface area contributed by atoms with Crippen molar-refractivity contribution in [3.63, 3.8) is 0 Å². The molecule has 1 heterocycles. The van der Waals surface area contributed by atoms with Crippen LogP contribution in [0, 0.1) is 11.3 Å². The summed E-state index contributed by atoms with van der Waals surface area (Å²) in [5.74, 6) is 0. The second kappa shape index (κ2) is 4.48. The molecule has 3 nitrogen and oxygen atoms in total. The third kappa shape index (κ3) is 2.49. The predicted octanol–water partition coefficient (Wildman–Crippen LogP) is 2.34. The monoisotopic (exact) mass is 230 g/mol. The van der Waals surface area contributed by atoms with Crippen molar-refractivity contribution in [3.8, 4) is 6.07 Å². The molecule has 1 atom stereocenters. The standard InChI is InChI=1S/C14H18N2O/c1-14(2)10-17-13(9-16(14)3)12-6-4-11(8-15)5-7-12/h4-7,13H,9-10H2,1-3H3. The van der Waals surface area contributed by atoms with Gasteiger partial charge in [-0.2, -0.15) is 5.26 Å². The molecule has 1 saturated heterocycles. The zero-order valence-corrected chi connectivity index (χ0v) is 10.6. The molecule has 0 aliphatic carbocycles. The van der Waals surface area contributed by atoms with Gasteiger partial charge in [-0.05, 0) is 38.6 Å². The minimum atomic E-state index is 0.100. The molecule has 1 aromatic rings. The summed E-state index contributed by atoms with van der Waals surface area (Å²) < 4.78 is 5.90.